The second kappa shape index (κ2) is 13.8. The van der Waals surface area contributed by atoms with Crippen LogP contribution >= 0.6 is 7.37 Å². The molecule has 0 saturated carbocycles. The van der Waals surface area contributed by atoms with Gasteiger partial charge >= 0.3 is 6.09 Å². The van der Waals surface area contributed by atoms with Gasteiger partial charge < -0.3 is 29.5 Å². The Kier molecular flexibility index (Phi) is 10.5. The first-order valence-corrected chi connectivity index (χ1v) is 13.5. The van der Waals surface area contributed by atoms with Gasteiger partial charge in [0.05, 0.1) is 19.9 Å². The van der Waals surface area contributed by atoms with Crippen LogP contribution in [0.4, 0.5) is 4.79 Å². The number of hydrogen-bond donors (Lipinski definition) is 3. The first-order chi connectivity index (χ1) is 17.4. The summed E-state index contributed by atoms with van der Waals surface area (Å²) >= 11 is 0. The van der Waals surface area contributed by atoms with Crippen molar-refractivity contribution in [2.24, 2.45) is 0 Å². The van der Waals surface area contributed by atoms with Crippen molar-refractivity contribution < 1.29 is 33.6 Å². The molecule has 3 N–H and O–H groups in total. The number of benzene rings is 3. The van der Waals surface area contributed by atoms with Crippen LogP contribution in [0.25, 0.3) is 0 Å². The van der Waals surface area contributed by atoms with Gasteiger partial charge in [0.1, 0.15) is 18.1 Å². The third-order valence-corrected chi connectivity index (χ3v) is 7.70. The predicted molar refractivity (Wildman–Crippen MR) is 137 cm³/mol. The number of amides is 1. The lowest BCUT2D eigenvalue weighted by molar-refractivity contribution is -0.112. The normalized spacial score (nSPS) is 14.3. The van der Waals surface area contributed by atoms with E-state index in [1.165, 1.54) is 7.11 Å². The lowest BCUT2D eigenvalue weighted by atomic mass is 10.2. The number of aliphatic hydroxyl groups is 1. The molecule has 0 spiro atoms. The second-order valence-electron chi connectivity index (χ2n) is 8.28. The topological polar surface area (TPSA) is 114 Å². The molecule has 0 aliphatic rings. The minimum absolute atomic E-state index is 0.000674. The summed E-state index contributed by atoms with van der Waals surface area (Å²) in [7, 11) is -2.52. The van der Waals surface area contributed by atoms with Crippen LogP contribution in [0.3, 0.4) is 0 Å². The predicted octanol–water partition coefficient (Wildman–Crippen LogP) is 5.03. The van der Waals surface area contributed by atoms with Gasteiger partial charge in [-0.1, -0.05) is 78.9 Å². The summed E-state index contributed by atoms with van der Waals surface area (Å²) in [6.07, 6.45) is -2.19. The fourth-order valence-corrected chi connectivity index (χ4v) is 5.44. The monoisotopic (exact) mass is 513 g/mol. The highest BCUT2D eigenvalue weighted by atomic mass is 31.2. The Morgan fingerprint density at radius 2 is 1.47 bits per heavy atom. The first kappa shape index (κ1) is 27.4. The molecule has 0 aromatic heterocycles. The van der Waals surface area contributed by atoms with Gasteiger partial charge in [-0.15, -0.1) is 0 Å². The largest absolute Gasteiger partial charge is 0.496 e. The van der Waals surface area contributed by atoms with Crippen molar-refractivity contribution >= 4 is 13.5 Å². The number of carbonyl (C=O) groups is 1. The van der Waals surface area contributed by atoms with Crippen molar-refractivity contribution in [3.8, 4) is 5.75 Å². The third kappa shape index (κ3) is 8.81. The second-order valence-corrected chi connectivity index (χ2v) is 10.7. The smallest absolute Gasteiger partial charge is 0.408 e. The van der Waals surface area contributed by atoms with Gasteiger partial charge in [0.25, 0.3) is 0 Å². The molecule has 3 aromatic carbocycles. The van der Waals surface area contributed by atoms with Crippen molar-refractivity contribution in [3.05, 3.63) is 102 Å². The number of alkyl carbamates (subject to hydrolysis) is 1. The Labute approximate surface area is 211 Å². The fraction of sp³-hybridized carbons (Fsp3) is 0.296. The van der Waals surface area contributed by atoms with E-state index in [-0.39, 0.29) is 32.2 Å². The molecule has 36 heavy (non-hydrogen) atoms. The number of nitrogens with one attached hydrogen (secondary N) is 1. The summed E-state index contributed by atoms with van der Waals surface area (Å²) in [6, 6.07) is 25.4. The van der Waals surface area contributed by atoms with Crippen molar-refractivity contribution in [1.29, 1.82) is 0 Å². The van der Waals surface area contributed by atoms with Crippen molar-refractivity contribution in [2.45, 2.75) is 44.3 Å². The summed E-state index contributed by atoms with van der Waals surface area (Å²) in [4.78, 5) is 23.5. The maximum atomic E-state index is 13.5. The van der Waals surface area contributed by atoms with Crippen molar-refractivity contribution in [3.63, 3.8) is 0 Å². The zero-order valence-corrected chi connectivity index (χ0v) is 21.1. The molecular weight excluding hydrogens is 481 g/mol. The number of rotatable bonds is 13. The Bertz CT molecular complexity index is 1130. The highest BCUT2D eigenvalue weighted by molar-refractivity contribution is 7.57. The van der Waals surface area contributed by atoms with E-state index < -0.39 is 25.5 Å². The molecule has 8 nitrogen and oxygen atoms in total. The number of ether oxygens (including phenoxy) is 3. The molecule has 3 unspecified atom stereocenters. The van der Waals surface area contributed by atoms with Crippen LogP contribution in [0.1, 0.15) is 29.5 Å². The van der Waals surface area contributed by atoms with Crippen LogP contribution in [-0.2, 0) is 33.4 Å². The maximum absolute atomic E-state index is 13.5. The van der Waals surface area contributed by atoms with E-state index >= 15 is 0 Å². The Hall–Kier alpha value is -3.16. The third-order valence-electron chi connectivity index (χ3n) is 5.55. The molecule has 0 bridgehead atoms. The first-order valence-electron chi connectivity index (χ1n) is 11.6. The van der Waals surface area contributed by atoms with E-state index in [0.29, 0.717) is 11.3 Å². The van der Waals surface area contributed by atoms with Gasteiger partial charge in [-0.25, -0.2) is 4.79 Å². The summed E-state index contributed by atoms with van der Waals surface area (Å²) < 4.78 is 29.5. The summed E-state index contributed by atoms with van der Waals surface area (Å²) in [6.45, 7) is 0.210. The summed E-state index contributed by atoms with van der Waals surface area (Å²) in [5.74, 6) is -0.691. The molecule has 0 aliphatic heterocycles. The molecule has 3 atom stereocenters. The van der Waals surface area contributed by atoms with Gasteiger partial charge in [0.2, 0.25) is 7.37 Å². The van der Waals surface area contributed by atoms with Gasteiger partial charge in [-0.2, -0.15) is 0 Å². The molecule has 9 heteroatoms. The highest BCUT2D eigenvalue weighted by Gasteiger charge is 2.34. The molecule has 0 aliphatic carbocycles. The van der Waals surface area contributed by atoms with Gasteiger partial charge in [-0.05, 0) is 23.6 Å². The molecule has 1 amide bonds. The molecule has 3 aromatic rings. The van der Waals surface area contributed by atoms with Crippen LogP contribution in [0.2, 0.25) is 0 Å². The van der Waals surface area contributed by atoms with E-state index in [1.54, 1.807) is 24.3 Å². The quantitative estimate of drug-likeness (QED) is 0.217. The summed E-state index contributed by atoms with van der Waals surface area (Å²) in [5, 5.41) is 12.9. The molecule has 192 valence electrons. The molecule has 0 saturated heterocycles. The van der Waals surface area contributed by atoms with E-state index in [4.69, 9.17) is 14.2 Å². The maximum Gasteiger partial charge on any atom is 0.408 e. The number of aliphatic hydroxyl groups excluding tert-OH is 1. The zero-order chi connectivity index (χ0) is 25.8. The highest BCUT2D eigenvalue weighted by Crippen LogP contribution is 2.51. The Balaban J connectivity index is 1.65. The lowest BCUT2D eigenvalue weighted by Crippen LogP contribution is -2.36. The van der Waals surface area contributed by atoms with Crippen LogP contribution in [-0.4, -0.2) is 35.3 Å². The number of carbonyl (C=O) groups excluding carboxylic acids is 1. The lowest BCUT2D eigenvalue weighted by Gasteiger charge is -2.25. The van der Waals surface area contributed by atoms with E-state index in [2.05, 4.69) is 5.32 Å². The van der Waals surface area contributed by atoms with Crippen LogP contribution < -0.4 is 10.1 Å². The van der Waals surface area contributed by atoms with E-state index in [9.17, 15) is 19.4 Å². The van der Waals surface area contributed by atoms with Crippen LogP contribution in [0.15, 0.2) is 84.9 Å². The number of methoxy groups -OCH3 is 1. The molecule has 0 heterocycles. The van der Waals surface area contributed by atoms with Crippen molar-refractivity contribution in [2.75, 3.05) is 7.11 Å². The van der Waals surface area contributed by atoms with Gasteiger partial charge in [-0.3, -0.25) is 4.57 Å². The van der Waals surface area contributed by atoms with Gasteiger partial charge in [0, 0.05) is 12.0 Å². The molecule has 0 radical (unpaired) electrons. The van der Waals surface area contributed by atoms with Crippen LogP contribution in [0.5, 0.6) is 5.75 Å². The Morgan fingerprint density at radius 1 is 0.889 bits per heavy atom. The average Bonchev–Trinajstić information content (AvgIpc) is 2.89. The average molecular weight is 514 g/mol. The minimum Gasteiger partial charge on any atom is -0.496 e. The fourth-order valence-electron chi connectivity index (χ4n) is 3.61. The number of hydrogen-bond acceptors (Lipinski definition) is 6. The molecular formula is C27H32NO7P. The Morgan fingerprint density at radius 3 is 2.11 bits per heavy atom. The van der Waals surface area contributed by atoms with Crippen LogP contribution in [0, 0.1) is 0 Å². The summed E-state index contributed by atoms with van der Waals surface area (Å²) in [5.41, 5.74) is 2.21. The van der Waals surface area contributed by atoms with E-state index in [0.717, 1.165) is 11.1 Å². The zero-order valence-electron chi connectivity index (χ0n) is 20.2. The van der Waals surface area contributed by atoms with Crippen molar-refractivity contribution in [1.82, 2.24) is 5.32 Å². The molecule has 3 rings (SSSR count). The minimum atomic E-state index is -4.01. The van der Waals surface area contributed by atoms with Gasteiger partial charge in [0.15, 0.2) is 6.29 Å². The number of para-hydroxylation sites is 1. The standard InChI is InChI=1S/C27H32NO7P/c1-33-24-15-9-8-14-23(24)20-36(31,32)25(28-27(30)35-19-22-12-6-3-7-13-22)16-17-26(29)34-18-21-10-4-2-5-11-21/h2-15,25-26,29H,16-20H2,1H3,(H,28,30)(H,31,32). The SMILES string of the molecule is COc1ccccc1CP(=O)(O)C(CCC(O)OCc1ccccc1)NC(=O)OCc1ccccc1. The molecule has 0 fully saturated rings. The van der Waals surface area contributed by atoms with E-state index in [1.807, 2.05) is 60.7 Å².